The van der Waals surface area contributed by atoms with E-state index in [4.69, 9.17) is 5.73 Å². The molecule has 6 heteroatoms. The van der Waals surface area contributed by atoms with Crippen molar-refractivity contribution in [3.63, 3.8) is 0 Å². The van der Waals surface area contributed by atoms with Gasteiger partial charge in [0.05, 0.1) is 10.6 Å². The molecule has 0 aliphatic carbocycles. The smallest absolute Gasteiger partial charge is 0.272 e. The van der Waals surface area contributed by atoms with E-state index in [9.17, 15) is 10.1 Å². The Balaban J connectivity index is 2.59. The van der Waals surface area contributed by atoms with Crippen LogP contribution in [0.4, 0.5) is 11.5 Å². The van der Waals surface area contributed by atoms with Crippen LogP contribution in [0.5, 0.6) is 0 Å². The maximum Gasteiger partial charge on any atom is 0.272 e. The molecular formula is C12H14N4O2. The van der Waals surface area contributed by atoms with Gasteiger partial charge in [-0.05, 0) is 32.4 Å². The van der Waals surface area contributed by atoms with Crippen LogP contribution < -0.4 is 5.73 Å². The highest BCUT2D eigenvalue weighted by Gasteiger charge is 2.15. The Morgan fingerprint density at radius 2 is 1.89 bits per heavy atom. The van der Waals surface area contributed by atoms with Crippen molar-refractivity contribution in [2.75, 3.05) is 5.73 Å². The van der Waals surface area contributed by atoms with Gasteiger partial charge >= 0.3 is 0 Å². The molecule has 0 bridgehead atoms. The monoisotopic (exact) mass is 246 g/mol. The molecule has 0 saturated carbocycles. The quantitative estimate of drug-likeness (QED) is 0.650. The second-order valence-electron chi connectivity index (χ2n) is 4.32. The topological polar surface area (TPSA) is 87.0 Å². The van der Waals surface area contributed by atoms with Crippen LogP contribution in [0.3, 0.4) is 0 Å². The first-order chi connectivity index (χ1) is 8.40. The molecular weight excluding hydrogens is 232 g/mol. The van der Waals surface area contributed by atoms with Crippen LogP contribution in [-0.4, -0.2) is 14.7 Å². The number of hydrogen-bond acceptors (Lipinski definition) is 4. The van der Waals surface area contributed by atoms with Crippen molar-refractivity contribution >= 4 is 11.5 Å². The van der Waals surface area contributed by atoms with Crippen molar-refractivity contribution < 1.29 is 4.92 Å². The number of nitro benzene ring substituents is 1. The van der Waals surface area contributed by atoms with Gasteiger partial charge in [-0.15, -0.1) is 0 Å². The Bertz CT molecular complexity index is 612. The molecule has 2 rings (SSSR count). The molecule has 18 heavy (non-hydrogen) atoms. The Morgan fingerprint density at radius 3 is 2.39 bits per heavy atom. The number of hydrogen-bond donors (Lipinski definition) is 1. The zero-order valence-electron chi connectivity index (χ0n) is 10.5. The van der Waals surface area contributed by atoms with Crippen molar-refractivity contribution in [3.8, 4) is 5.69 Å². The third-order valence-corrected chi connectivity index (χ3v) is 2.89. The molecule has 0 unspecified atom stereocenters. The molecule has 0 spiro atoms. The fraction of sp³-hybridized carbons (Fsp3) is 0.250. The summed E-state index contributed by atoms with van der Waals surface area (Å²) >= 11 is 0. The van der Waals surface area contributed by atoms with E-state index >= 15 is 0 Å². The maximum absolute atomic E-state index is 10.8. The zero-order chi connectivity index (χ0) is 13.4. The van der Waals surface area contributed by atoms with Crippen LogP contribution in [0, 0.1) is 30.9 Å². The summed E-state index contributed by atoms with van der Waals surface area (Å²) in [6.45, 7) is 5.39. The van der Waals surface area contributed by atoms with Crippen LogP contribution in [0.2, 0.25) is 0 Å². The normalized spacial score (nSPS) is 10.6. The first-order valence-corrected chi connectivity index (χ1v) is 5.48. The Hall–Kier alpha value is -2.37. The number of nitrogens with zero attached hydrogens (tertiary/aromatic N) is 3. The van der Waals surface area contributed by atoms with E-state index < -0.39 is 0 Å². The first kappa shape index (κ1) is 12.1. The lowest BCUT2D eigenvalue weighted by Crippen LogP contribution is -2.01. The van der Waals surface area contributed by atoms with Gasteiger partial charge in [0.2, 0.25) is 0 Å². The molecule has 1 heterocycles. The summed E-state index contributed by atoms with van der Waals surface area (Å²) in [5, 5.41) is 15.0. The summed E-state index contributed by atoms with van der Waals surface area (Å²) in [4.78, 5) is 10.5. The van der Waals surface area contributed by atoms with Crippen LogP contribution >= 0.6 is 0 Å². The summed E-state index contributed by atoms with van der Waals surface area (Å²) in [6.07, 6.45) is 1.81. The lowest BCUT2D eigenvalue weighted by Gasteiger charge is -2.07. The lowest BCUT2D eigenvalue weighted by molar-refractivity contribution is -0.385. The van der Waals surface area contributed by atoms with Gasteiger partial charge in [-0.2, -0.15) is 5.10 Å². The van der Waals surface area contributed by atoms with Crippen LogP contribution in [0.15, 0.2) is 18.3 Å². The van der Waals surface area contributed by atoms with Gasteiger partial charge in [0.1, 0.15) is 5.82 Å². The molecule has 2 N–H and O–H groups in total. The summed E-state index contributed by atoms with van der Waals surface area (Å²) in [5.41, 5.74) is 8.90. The average molecular weight is 246 g/mol. The van der Waals surface area contributed by atoms with Gasteiger partial charge in [-0.3, -0.25) is 10.1 Å². The van der Waals surface area contributed by atoms with E-state index in [2.05, 4.69) is 5.10 Å². The summed E-state index contributed by atoms with van der Waals surface area (Å²) in [6, 6.07) is 3.30. The minimum atomic E-state index is -0.380. The van der Waals surface area contributed by atoms with E-state index in [-0.39, 0.29) is 10.6 Å². The Morgan fingerprint density at radius 1 is 1.22 bits per heavy atom. The van der Waals surface area contributed by atoms with Crippen molar-refractivity contribution in [1.82, 2.24) is 9.78 Å². The van der Waals surface area contributed by atoms with E-state index in [1.54, 1.807) is 23.7 Å². The predicted molar refractivity (Wildman–Crippen MR) is 68.8 cm³/mol. The number of nitrogens with two attached hydrogens (primary N) is 1. The number of aryl methyl sites for hydroxylation is 3. The third kappa shape index (κ3) is 1.92. The van der Waals surface area contributed by atoms with Crippen LogP contribution in [-0.2, 0) is 0 Å². The molecule has 0 fully saturated rings. The molecule has 0 aliphatic heterocycles. The molecule has 0 atom stereocenters. The SMILES string of the molecule is Cc1cc([N+](=O)[O-])c(C)cc1-n1cc(C)c(N)n1. The summed E-state index contributed by atoms with van der Waals surface area (Å²) < 4.78 is 1.65. The predicted octanol–water partition coefficient (Wildman–Crippen LogP) is 2.29. The summed E-state index contributed by atoms with van der Waals surface area (Å²) in [5.74, 6) is 0.463. The summed E-state index contributed by atoms with van der Waals surface area (Å²) in [7, 11) is 0. The van der Waals surface area contributed by atoms with Gasteiger partial charge in [0.15, 0.2) is 0 Å². The van der Waals surface area contributed by atoms with Gasteiger partial charge in [0.25, 0.3) is 5.69 Å². The van der Waals surface area contributed by atoms with Crippen LogP contribution in [0.1, 0.15) is 16.7 Å². The van der Waals surface area contributed by atoms with E-state index in [1.807, 2.05) is 20.0 Å². The van der Waals surface area contributed by atoms with Gasteiger partial charge in [0, 0.05) is 23.4 Å². The van der Waals surface area contributed by atoms with E-state index in [1.165, 1.54) is 0 Å². The Labute approximate surface area is 104 Å². The average Bonchev–Trinajstić information content (AvgIpc) is 2.61. The van der Waals surface area contributed by atoms with Crippen molar-refractivity contribution in [3.05, 3.63) is 45.1 Å². The van der Waals surface area contributed by atoms with Crippen LogP contribution in [0.25, 0.3) is 5.69 Å². The highest BCUT2D eigenvalue weighted by molar-refractivity contribution is 5.53. The lowest BCUT2D eigenvalue weighted by atomic mass is 10.1. The van der Waals surface area contributed by atoms with Gasteiger partial charge in [-0.25, -0.2) is 4.68 Å². The minimum Gasteiger partial charge on any atom is -0.382 e. The molecule has 1 aromatic heterocycles. The number of benzene rings is 1. The number of anilines is 1. The third-order valence-electron chi connectivity index (χ3n) is 2.89. The van der Waals surface area contributed by atoms with Crippen molar-refractivity contribution in [1.29, 1.82) is 0 Å². The second kappa shape index (κ2) is 4.14. The Kier molecular flexibility index (Phi) is 2.78. The van der Waals surface area contributed by atoms with E-state index in [0.29, 0.717) is 11.4 Å². The molecule has 0 radical (unpaired) electrons. The van der Waals surface area contributed by atoms with E-state index in [0.717, 1.165) is 16.8 Å². The van der Waals surface area contributed by atoms with Gasteiger partial charge < -0.3 is 5.73 Å². The highest BCUT2D eigenvalue weighted by Crippen LogP contribution is 2.25. The largest absolute Gasteiger partial charge is 0.382 e. The first-order valence-electron chi connectivity index (χ1n) is 5.48. The number of nitrogen functional groups attached to an aromatic ring is 1. The molecule has 2 aromatic rings. The molecule has 1 aromatic carbocycles. The van der Waals surface area contributed by atoms with Crippen molar-refractivity contribution in [2.24, 2.45) is 0 Å². The number of nitro groups is 1. The fourth-order valence-electron chi connectivity index (χ4n) is 1.83. The highest BCUT2D eigenvalue weighted by atomic mass is 16.6. The number of rotatable bonds is 2. The second-order valence-corrected chi connectivity index (χ2v) is 4.32. The number of aromatic nitrogens is 2. The van der Waals surface area contributed by atoms with Gasteiger partial charge in [-0.1, -0.05) is 0 Å². The minimum absolute atomic E-state index is 0.119. The zero-order valence-corrected chi connectivity index (χ0v) is 10.5. The fourth-order valence-corrected chi connectivity index (χ4v) is 1.83. The standard InChI is InChI=1S/C12H14N4O2/c1-7-5-11(16(17)18)8(2)4-10(7)15-6-9(3)12(13)14-15/h4-6H,1-3H3,(H2,13,14). The van der Waals surface area contributed by atoms with Crippen molar-refractivity contribution in [2.45, 2.75) is 20.8 Å². The molecule has 6 nitrogen and oxygen atoms in total. The molecule has 94 valence electrons. The molecule has 0 amide bonds. The molecule has 0 saturated heterocycles. The maximum atomic E-state index is 10.8. The molecule has 0 aliphatic rings.